The Morgan fingerprint density at radius 3 is 2.55 bits per heavy atom. The number of carbonyl (C=O) groups excluding carboxylic acids is 1. The fourth-order valence-electron chi connectivity index (χ4n) is 1.65. The number of Topliss-reactive ketones (excluding diaryl/α,β-unsaturated/α-hetero) is 1. The first kappa shape index (κ1) is 14.8. The molecule has 0 heterocycles. The van der Waals surface area contributed by atoms with Gasteiger partial charge >= 0.3 is 0 Å². The lowest BCUT2D eigenvalue weighted by Crippen LogP contribution is -2.02. The molecule has 2 aromatic carbocycles. The molecule has 0 aliphatic heterocycles. The third-order valence-corrected chi connectivity index (χ3v) is 4.10. The normalized spacial score (nSPS) is 10.4. The lowest BCUT2D eigenvalue weighted by atomic mass is 10.1. The van der Waals surface area contributed by atoms with Crippen molar-refractivity contribution >= 4 is 29.1 Å². The van der Waals surface area contributed by atoms with Crippen LogP contribution >= 0.6 is 23.4 Å². The number of aromatic hydroxyl groups is 2. The van der Waals surface area contributed by atoms with Crippen molar-refractivity contribution in [3.05, 3.63) is 58.6 Å². The summed E-state index contributed by atoms with van der Waals surface area (Å²) in [6, 6.07) is 11.6. The quantitative estimate of drug-likeness (QED) is 0.650. The van der Waals surface area contributed by atoms with Gasteiger partial charge in [0.15, 0.2) is 17.3 Å². The number of phenols is 2. The molecule has 0 unspecified atom stereocenters. The molecule has 20 heavy (non-hydrogen) atoms. The van der Waals surface area contributed by atoms with Crippen LogP contribution in [0.15, 0.2) is 42.5 Å². The zero-order chi connectivity index (χ0) is 14.5. The van der Waals surface area contributed by atoms with Crippen LogP contribution in [0.25, 0.3) is 0 Å². The van der Waals surface area contributed by atoms with Crippen molar-refractivity contribution in [2.24, 2.45) is 0 Å². The van der Waals surface area contributed by atoms with Gasteiger partial charge in [-0.05, 0) is 29.8 Å². The van der Waals surface area contributed by atoms with Crippen molar-refractivity contribution in [3.63, 3.8) is 0 Å². The second kappa shape index (κ2) is 6.68. The molecule has 0 amide bonds. The van der Waals surface area contributed by atoms with Gasteiger partial charge in [-0.15, -0.1) is 11.8 Å². The van der Waals surface area contributed by atoms with Crippen LogP contribution < -0.4 is 0 Å². The predicted octanol–water partition coefficient (Wildman–Crippen LogP) is 3.87. The predicted molar refractivity (Wildman–Crippen MR) is 81.7 cm³/mol. The number of hydrogen-bond donors (Lipinski definition) is 2. The van der Waals surface area contributed by atoms with E-state index in [-0.39, 0.29) is 23.0 Å². The van der Waals surface area contributed by atoms with E-state index in [0.29, 0.717) is 16.3 Å². The van der Waals surface area contributed by atoms with Gasteiger partial charge in [0.25, 0.3) is 0 Å². The van der Waals surface area contributed by atoms with Crippen molar-refractivity contribution in [1.82, 2.24) is 0 Å². The highest BCUT2D eigenvalue weighted by atomic mass is 35.5. The fourth-order valence-corrected chi connectivity index (χ4v) is 2.86. The average molecular weight is 309 g/mol. The Bertz CT molecular complexity index is 628. The lowest BCUT2D eigenvalue weighted by Gasteiger charge is -2.05. The van der Waals surface area contributed by atoms with E-state index >= 15 is 0 Å². The molecule has 0 atom stereocenters. The topological polar surface area (TPSA) is 57.5 Å². The van der Waals surface area contributed by atoms with Crippen LogP contribution in [0.3, 0.4) is 0 Å². The lowest BCUT2D eigenvalue weighted by molar-refractivity contribution is 0.102. The molecule has 0 spiro atoms. The van der Waals surface area contributed by atoms with Crippen LogP contribution in [0.1, 0.15) is 15.9 Å². The van der Waals surface area contributed by atoms with Gasteiger partial charge in [-0.2, -0.15) is 0 Å². The second-order valence-electron chi connectivity index (χ2n) is 4.21. The second-order valence-corrected chi connectivity index (χ2v) is 5.60. The van der Waals surface area contributed by atoms with E-state index in [1.54, 1.807) is 0 Å². The summed E-state index contributed by atoms with van der Waals surface area (Å²) in [5.41, 5.74) is 1.37. The fraction of sp³-hybridized carbons (Fsp3) is 0.133. The number of thioether (sulfide) groups is 1. The summed E-state index contributed by atoms with van der Waals surface area (Å²) in [6.07, 6.45) is 0. The zero-order valence-electron chi connectivity index (χ0n) is 10.5. The maximum atomic E-state index is 11.9. The van der Waals surface area contributed by atoms with Gasteiger partial charge in [-0.25, -0.2) is 0 Å². The highest BCUT2D eigenvalue weighted by molar-refractivity contribution is 7.99. The van der Waals surface area contributed by atoms with Gasteiger partial charge in [0, 0.05) is 16.3 Å². The van der Waals surface area contributed by atoms with Crippen molar-refractivity contribution < 1.29 is 15.0 Å². The Kier molecular flexibility index (Phi) is 4.93. The molecule has 2 aromatic rings. The molecule has 0 radical (unpaired) electrons. The summed E-state index contributed by atoms with van der Waals surface area (Å²) in [5.74, 6) is 0.319. The van der Waals surface area contributed by atoms with Gasteiger partial charge in [0.1, 0.15) is 0 Å². The van der Waals surface area contributed by atoms with Crippen molar-refractivity contribution in [1.29, 1.82) is 0 Å². The summed E-state index contributed by atoms with van der Waals surface area (Å²) < 4.78 is 0. The Labute approximate surface area is 126 Å². The standard InChI is InChI=1S/C15H13ClO3S/c16-12-4-2-1-3-11(12)8-20-9-15(19)10-5-6-13(17)14(18)7-10/h1-7,17-18H,8-9H2. The minimum atomic E-state index is -0.285. The third kappa shape index (κ3) is 3.68. The molecule has 0 fully saturated rings. The van der Waals surface area contributed by atoms with E-state index < -0.39 is 0 Å². The molecule has 0 saturated heterocycles. The molecule has 5 heteroatoms. The van der Waals surface area contributed by atoms with Crippen molar-refractivity contribution in [2.45, 2.75) is 5.75 Å². The first-order valence-electron chi connectivity index (χ1n) is 5.94. The minimum Gasteiger partial charge on any atom is -0.504 e. The first-order chi connectivity index (χ1) is 9.58. The van der Waals surface area contributed by atoms with Crippen LogP contribution in [0.4, 0.5) is 0 Å². The van der Waals surface area contributed by atoms with Gasteiger partial charge in [0.05, 0.1) is 5.75 Å². The molecule has 0 bridgehead atoms. The van der Waals surface area contributed by atoms with Crippen LogP contribution in [-0.2, 0) is 5.75 Å². The summed E-state index contributed by atoms with van der Waals surface area (Å²) in [5, 5.41) is 19.3. The number of ketones is 1. The van der Waals surface area contributed by atoms with Gasteiger partial charge < -0.3 is 10.2 Å². The number of phenolic OH excluding ortho intramolecular Hbond substituents is 2. The number of benzene rings is 2. The molecule has 0 saturated carbocycles. The molecule has 2 N–H and O–H groups in total. The Morgan fingerprint density at radius 1 is 1.10 bits per heavy atom. The molecule has 104 valence electrons. The van der Waals surface area contributed by atoms with E-state index in [4.69, 9.17) is 11.6 Å². The van der Waals surface area contributed by atoms with E-state index in [1.807, 2.05) is 24.3 Å². The largest absolute Gasteiger partial charge is 0.504 e. The van der Waals surface area contributed by atoms with E-state index in [1.165, 1.54) is 30.0 Å². The molecule has 3 nitrogen and oxygen atoms in total. The molecule has 0 aromatic heterocycles. The van der Waals surface area contributed by atoms with Crippen LogP contribution in [0, 0.1) is 0 Å². The highest BCUT2D eigenvalue weighted by Crippen LogP contribution is 2.26. The zero-order valence-corrected chi connectivity index (χ0v) is 12.1. The number of carbonyl (C=O) groups is 1. The van der Waals surface area contributed by atoms with Crippen molar-refractivity contribution in [2.75, 3.05) is 5.75 Å². The molecular weight excluding hydrogens is 296 g/mol. The van der Waals surface area contributed by atoms with E-state index in [0.717, 1.165) is 5.56 Å². The SMILES string of the molecule is O=C(CSCc1ccccc1Cl)c1ccc(O)c(O)c1. The summed E-state index contributed by atoms with van der Waals surface area (Å²) >= 11 is 7.49. The molecule has 0 aliphatic rings. The Hall–Kier alpha value is -1.65. The monoisotopic (exact) mass is 308 g/mol. The highest BCUT2D eigenvalue weighted by Gasteiger charge is 2.09. The van der Waals surface area contributed by atoms with Crippen molar-refractivity contribution in [3.8, 4) is 11.5 Å². The summed E-state index contributed by atoms with van der Waals surface area (Å²) in [6.45, 7) is 0. The molecule has 0 aliphatic carbocycles. The van der Waals surface area contributed by atoms with Crippen LogP contribution in [-0.4, -0.2) is 21.7 Å². The summed E-state index contributed by atoms with van der Waals surface area (Å²) in [7, 11) is 0. The third-order valence-electron chi connectivity index (χ3n) is 2.75. The van der Waals surface area contributed by atoms with Crippen LogP contribution in [0.5, 0.6) is 11.5 Å². The smallest absolute Gasteiger partial charge is 0.172 e. The number of rotatable bonds is 5. The maximum Gasteiger partial charge on any atom is 0.172 e. The first-order valence-corrected chi connectivity index (χ1v) is 7.47. The summed E-state index contributed by atoms with van der Waals surface area (Å²) in [4.78, 5) is 11.9. The van der Waals surface area contributed by atoms with E-state index in [9.17, 15) is 15.0 Å². The van der Waals surface area contributed by atoms with Crippen LogP contribution in [0.2, 0.25) is 5.02 Å². The van der Waals surface area contributed by atoms with Gasteiger partial charge in [0.2, 0.25) is 0 Å². The number of halogens is 1. The Balaban J connectivity index is 1.92. The molecule has 2 rings (SSSR count). The average Bonchev–Trinajstić information content (AvgIpc) is 2.44. The van der Waals surface area contributed by atoms with Gasteiger partial charge in [-0.3, -0.25) is 4.79 Å². The minimum absolute atomic E-state index is 0.0997. The Morgan fingerprint density at radius 2 is 1.85 bits per heavy atom. The van der Waals surface area contributed by atoms with Gasteiger partial charge in [-0.1, -0.05) is 29.8 Å². The maximum absolute atomic E-state index is 11.9. The number of hydrogen-bond acceptors (Lipinski definition) is 4. The van der Waals surface area contributed by atoms with E-state index in [2.05, 4.69) is 0 Å². The molecular formula is C15H13ClO3S.